The first-order valence-electron chi connectivity index (χ1n) is 3.54. The van der Waals surface area contributed by atoms with Gasteiger partial charge < -0.3 is 15.6 Å². The van der Waals surface area contributed by atoms with E-state index >= 15 is 0 Å². The van der Waals surface area contributed by atoms with Crippen LogP contribution in [0.3, 0.4) is 0 Å². The van der Waals surface area contributed by atoms with Gasteiger partial charge in [0, 0.05) is 7.05 Å². The molecule has 7 heteroatoms. The van der Waals surface area contributed by atoms with Crippen molar-refractivity contribution in [2.45, 2.75) is 0 Å². The summed E-state index contributed by atoms with van der Waals surface area (Å²) >= 11 is 0. The summed E-state index contributed by atoms with van der Waals surface area (Å²) < 4.78 is 13.1. The van der Waals surface area contributed by atoms with Crippen LogP contribution in [0.1, 0.15) is 10.5 Å². The van der Waals surface area contributed by atoms with Crippen LogP contribution in [-0.4, -0.2) is 28.0 Å². The van der Waals surface area contributed by atoms with Crippen LogP contribution in [0.2, 0.25) is 0 Å². The van der Waals surface area contributed by atoms with Crippen molar-refractivity contribution in [3.8, 4) is 5.75 Å². The van der Waals surface area contributed by atoms with Gasteiger partial charge in [0.05, 0.1) is 6.20 Å². The van der Waals surface area contributed by atoms with E-state index in [1.807, 2.05) is 5.32 Å². The van der Waals surface area contributed by atoms with Gasteiger partial charge in [-0.2, -0.15) is 9.12 Å². The molecule has 0 aliphatic rings. The van der Waals surface area contributed by atoms with Crippen molar-refractivity contribution in [3.05, 3.63) is 27.9 Å². The first kappa shape index (κ1) is 10.0. The number of pyridine rings is 1. The number of rotatable bonds is 1. The molecule has 0 bridgehead atoms. The maximum absolute atomic E-state index is 13.0. The standard InChI is InChI=1S/C7H7FN2O4/c1-9-7(13)5-4(8)6(12)3(11)2-10(5)14/h2,11,14H,1H3,(H,9,13). The second-order valence-corrected chi connectivity index (χ2v) is 2.43. The molecule has 0 atom stereocenters. The Hall–Kier alpha value is -2.05. The van der Waals surface area contributed by atoms with Gasteiger partial charge in [-0.3, -0.25) is 9.59 Å². The smallest absolute Gasteiger partial charge is 0.274 e. The maximum Gasteiger partial charge on any atom is 0.274 e. The minimum Gasteiger partial charge on any atom is -0.503 e. The Morgan fingerprint density at radius 2 is 2.21 bits per heavy atom. The monoisotopic (exact) mass is 202 g/mol. The van der Waals surface area contributed by atoms with Crippen molar-refractivity contribution in [1.82, 2.24) is 10.0 Å². The fraction of sp³-hybridized carbons (Fsp3) is 0.143. The average molecular weight is 202 g/mol. The summed E-state index contributed by atoms with van der Waals surface area (Å²) in [6.45, 7) is 0. The van der Waals surface area contributed by atoms with Crippen LogP contribution >= 0.6 is 0 Å². The van der Waals surface area contributed by atoms with Crippen molar-refractivity contribution < 1.29 is 19.5 Å². The second kappa shape index (κ2) is 3.36. The lowest BCUT2D eigenvalue weighted by Crippen LogP contribution is -2.28. The summed E-state index contributed by atoms with van der Waals surface area (Å²) in [6, 6.07) is 0. The van der Waals surface area contributed by atoms with Crippen LogP contribution in [0.25, 0.3) is 0 Å². The molecule has 14 heavy (non-hydrogen) atoms. The third-order valence-electron chi connectivity index (χ3n) is 1.56. The molecular formula is C7H7FN2O4. The fourth-order valence-corrected chi connectivity index (χ4v) is 0.882. The van der Waals surface area contributed by atoms with E-state index < -0.39 is 28.6 Å². The predicted octanol–water partition coefficient (Wildman–Crippen LogP) is -0.710. The van der Waals surface area contributed by atoms with Gasteiger partial charge in [0.15, 0.2) is 11.4 Å². The molecule has 0 radical (unpaired) electrons. The highest BCUT2D eigenvalue weighted by molar-refractivity contribution is 5.92. The summed E-state index contributed by atoms with van der Waals surface area (Å²) in [7, 11) is 1.21. The first-order valence-corrected chi connectivity index (χ1v) is 3.54. The maximum atomic E-state index is 13.0. The SMILES string of the molecule is CNC(=O)c1c(F)c(=O)c(O)cn1O. The summed E-state index contributed by atoms with van der Waals surface area (Å²) in [5.74, 6) is -3.45. The van der Waals surface area contributed by atoms with Gasteiger partial charge in [-0.1, -0.05) is 0 Å². The van der Waals surface area contributed by atoms with Gasteiger partial charge in [-0.25, -0.2) is 0 Å². The summed E-state index contributed by atoms with van der Waals surface area (Å²) in [6.07, 6.45) is 0.538. The lowest BCUT2D eigenvalue weighted by atomic mass is 10.3. The van der Waals surface area contributed by atoms with E-state index in [0.717, 1.165) is 0 Å². The number of aromatic hydroxyl groups is 1. The molecule has 0 unspecified atom stereocenters. The molecule has 0 spiro atoms. The third kappa shape index (κ3) is 1.39. The molecule has 76 valence electrons. The summed E-state index contributed by atoms with van der Waals surface area (Å²) in [4.78, 5) is 21.8. The fourth-order valence-electron chi connectivity index (χ4n) is 0.882. The largest absolute Gasteiger partial charge is 0.503 e. The zero-order valence-corrected chi connectivity index (χ0v) is 7.11. The van der Waals surface area contributed by atoms with Gasteiger partial charge >= 0.3 is 0 Å². The van der Waals surface area contributed by atoms with Gasteiger partial charge in [0.2, 0.25) is 5.82 Å². The Bertz CT molecular complexity index is 440. The number of aromatic nitrogens is 1. The van der Waals surface area contributed by atoms with E-state index in [4.69, 9.17) is 10.3 Å². The van der Waals surface area contributed by atoms with Crippen LogP contribution in [0, 0.1) is 5.82 Å². The number of amides is 1. The molecule has 1 rings (SSSR count). The number of halogens is 1. The minimum absolute atomic E-state index is 0.0465. The zero-order valence-electron chi connectivity index (χ0n) is 7.11. The Morgan fingerprint density at radius 3 is 2.71 bits per heavy atom. The predicted molar refractivity (Wildman–Crippen MR) is 42.9 cm³/mol. The van der Waals surface area contributed by atoms with E-state index in [1.54, 1.807) is 0 Å². The number of hydrogen-bond donors (Lipinski definition) is 3. The molecule has 0 aliphatic carbocycles. The number of carbonyl (C=O) groups is 1. The Kier molecular flexibility index (Phi) is 2.41. The van der Waals surface area contributed by atoms with E-state index in [1.165, 1.54) is 7.05 Å². The van der Waals surface area contributed by atoms with Crippen LogP contribution < -0.4 is 10.7 Å². The normalized spacial score (nSPS) is 9.86. The number of nitrogens with one attached hydrogen (secondary N) is 1. The Morgan fingerprint density at radius 1 is 1.64 bits per heavy atom. The van der Waals surface area contributed by atoms with E-state index in [0.29, 0.717) is 6.20 Å². The summed E-state index contributed by atoms with van der Waals surface area (Å²) in [5, 5.41) is 19.8. The van der Waals surface area contributed by atoms with Gasteiger partial charge in [-0.15, -0.1) is 0 Å². The minimum atomic E-state index is -1.51. The molecule has 0 saturated heterocycles. The number of carbonyl (C=O) groups excluding carboxylic acids is 1. The quantitative estimate of drug-likeness (QED) is 0.524. The van der Waals surface area contributed by atoms with E-state index in [2.05, 4.69) is 0 Å². The molecule has 0 fully saturated rings. The molecule has 1 aromatic rings. The molecule has 1 aromatic heterocycles. The van der Waals surface area contributed by atoms with Crippen LogP contribution in [-0.2, 0) is 0 Å². The molecule has 1 heterocycles. The molecule has 3 N–H and O–H groups in total. The van der Waals surface area contributed by atoms with E-state index in [9.17, 15) is 14.0 Å². The van der Waals surface area contributed by atoms with Crippen LogP contribution in [0.5, 0.6) is 5.75 Å². The lowest BCUT2D eigenvalue weighted by molar-refractivity contribution is 0.0895. The number of nitrogens with zero attached hydrogens (tertiary/aromatic N) is 1. The highest BCUT2D eigenvalue weighted by Crippen LogP contribution is 2.07. The number of hydrogen-bond acceptors (Lipinski definition) is 4. The molecule has 1 amide bonds. The third-order valence-corrected chi connectivity index (χ3v) is 1.56. The lowest BCUT2D eigenvalue weighted by Gasteiger charge is -2.06. The van der Waals surface area contributed by atoms with Crippen molar-refractivity contribution in [3.63, 3.8) is 0 Å². The topological polar surface area (TPSA) is 91.6 Å². The summed E-state index contributed by atoms with van der Waals surface area (Å²) in [5.41, 5.74) is -2.19. The van der Waals surface area contributed by atoms with Gasteiger partial charge in [-0.05, 0) is 0 Å². The average Bonchev–Trinajstić information content (AvgIpc) is 2.14. The van der Waals surface area contributed by atoms with Crippen molar-refractivity contribution in [1.29, 1.82) is 0 Å². The van der Waals surface area contributed by atoms with Gasteiger partial charge in [0.1, 0.15) is 0 Å². The Balaban J connectivity index is 3.52. The van der Waals surface area contributed by atoms with Crippen molar-refractivity contribution in [2.24, 2.45) is 0 Å². The van der Waals surface area contributed by atoms with Crippen molar-refractivity contribution in [2.75, 3.05) is 7.05 Å². The molecule has 6 nitrogen and oxygen atoms in total. The molecule has 0 aliphatic heterocycles. The molecule has 0 aromatic carbocycles. The zero-order chi connectivity index (χ0) is 10.9. The van der Waals surface area contributed by atoms with Crippen LogP contribution in [0.4, 0.5) is 4.39 Å². The van der Waals surface area contributed by atoms with Gasteiger partial charge in [0.25, 0.3) is 11.3 Å². The van der Waals surface area contributed by atoms with Crippen LogP contribution in [0.15, 0.2) is 11.0 Å². The highest BCUT2D eigenvalue weighted by atomic mass is 19.1. The molecular weight excluding hydrogens is 195 g/mol. The van der Waals surface area contributed by atoms with E-state index in [-0.39, 0.29) is 4.73 Å². The Labute approximate surface area is 77.2 Å². The molecule has 0 saturated carbocycles. The van der Waals surface area contributed by atoms with Crippen molar-refractivity contribution >= 4 is 5.91 Å². The highest BCUT2D eigenvalue weighted by Gasteiger charge is 2.20. The first-order chi connectivity index (χ1) is 6.49. The second-order valence-electron chi connectivity index (χ2n) is 2.43.